The predicted molar refractivity (Wildman–Crippen MR) is 115 cm³/mol. The van der Waals surface area contributed by atoms with E-state index in [2.05, 4.69) is 10.6 Å². The minimum Gasteiger partial charge on any atom is -0.462 e. The molecule has 7 nitrogen and oxygen atoms in total. The molecule has 2 amide bonds. The number of likely N-dealkylation sites (N-methyl/N-ethyl adjacent to an activating group) is 1. The Morgan fingerprint density at radius 1 is 1.28 bits per heavy atom. The number of ether oxygens (including phenoxy) is 1. The van der Waals surface area contributed by atoms with E-state index in [1.807, 2.05) is 30.1 Å². The highest BCUT2D eigenvalue weighted by Gasteiger charge is 2.26. The molecule has 0 atom stereocenters. The number of carbonyl (C=O) groups is 3. The van der Waals surface area contributed by atoms with Crippen LogP contribution in [0.4, 0.5) is 5.00 Å². The van der Waals surface area contributed by atoms with E-state index in [1.165, 1.54) is 7.05 Å². The molecule has 0 bridgehead atoms. The van der Waals surface area contributed by atoms with Gasteiger partial charge in [-0.15, -0.1) is 11.3 Å². The fourth-order valence-electron chi connectivity index (χ4n) is 2.79. The predicted octanol–water partition coefficient (Wildman–Crippen LogP) is 3.32. The number of carbonyl (C=O) groups excluding carboxylic acids is 3. The molecule has 0 saturated carbocycles. The molecule has 2 rings (SSSR count). The van der Waals surface area contributed by atoms with Crippen molar-refractivity contribution in [3.8, 4) is 0 Å². The first-order valence-electron chi connectivity index (χ1n) is 9.02. The van der Waals surface area contributed by atoms with Gasteiger partial charge in [0.1, 0.15) is 5.00 Å². The Morgan fingerprint density at radius 2 is 2.00 bits per heavy atom. The lowest BCUT2D eigenvalue weighted by Gasteiger charge is -2.16. The third kappa shape index (κ3) is 6.03. The van der Waals surface area contributed by atoms with E-state index in [-0.39, 0.29) is 30.5 Å². The molecule has 0 aliphatic heterocycles. The monoisotopic (exact) mass is 437 g/mol. The average molecular weight is 438 g/mol. The molecule has 1 heterocycles. The van der Waals surface area contributed by atoms with Gasteiger partial charge >= 0.3 is 5.97 Å². The summed E-state index contributed by atoms with van der Waals surface area (Å²) in [7, 11) is 3.32. The zero-order valence-corrected chi connectivity index (χ0v) is 18.4. The highest BCUT2D eigenvalue weighted by molar-refractivity contribution is 7.18. The van der Waals surface area contributed by atoms with Crippen LogP contribution in [-0.4, -0.2) is 49.9 Å². The number of anilines is 1. The van der Waals surface area contributed by atoms with Gasteiger partial charge in [-0.3, -0.25) is 14.5 Å². The van der Waals surface area contributed by atoms with Crippen molar-refractivity contribution in [1.82, 2.24) is 10.2 Å². The third-order valence-corrected chi connectivity index (χ3v) is 5.51. The SMILES string of the molecule is CCOC(=O)c1c(NC(=O)CN(C)Cc2cccc(Cl)c2)sc(C(=O)NC)c1C. The molecule has 0 fully saturated rings. The van der Waals surface area contributed by atoms with Crippen LogP contribution in [0.25, 0.3) is 0 Å². The van der Waals surface area contributed by atoms with E-state index >= 15 is 0 Å². The molecule has 0 unspecified atom stereocenters. The zero-order valence-electron chi connectivity index (χ0n) is 16.8. The van der Waals surface area contributed by atoms with Gasteiger partial charge in [0.25, 0.3) is 5.91 Å². The summed E-state index contributed by atoms with van der Waals surface area (Å²) < 4.78 is 5.09. The van der Waals surface area contributed by atoms with E-state index < -0.39 is 5.97 Å². The van der Waals surface area contributed by atoms with Crippen LogP contribution < -0.4 is 10.6 Å². The van der Waals surface area contributed by atoms with Crippen molar-refractivity contribution < 1.29 is 19.1 Å². The molecular weight excluding hydrogens is 414 g/mol. The Morgan fingerprint density at radius 3 is 2.62 bits per heavy atom. The number of thiophene rings is 1. The molecule has 9 heteroatoms. The van der Waals surface area contributed by atoms with Crippen molar-refractivity contribution in [1.29, 1.82) is 0 Å². The molecule has 0 radical (unpaired) electrons. The molecule has 0 aliphatic rings. The van der Waals surface area contributed by atoms with Crippen molar-refractivity contribution in [2.45, 2.75) is 20.4 Å². The van der Waals surface area contributed by atoms with Crippen molar-refractivity contribution in [2.75, 3.05) is 32.6 Å². The van der Waals surface area contributed by atoms with Gasteiger partial charge in [-0.2, -0.15) is 0 Å². The van der Waals surface area contributed by atoms with Gasteiger partial charge < -0.3 is 15.4 Å². The highest BCUT2D eigenvalue weighted by atomic mass is 35.5. The maximum atomic E-state index is 12.5. The molecule has 0 aliphatic carbocycles. The number of hydrogen-bond donors (Lipinski definition) is 2. The van der Waals surface area contributed by atoms with E-state index in [4.69, 9.17) is 16.3 Å². The van der Waals surface area contributed by atoms with Crippen LogP contribution in [0.3, 0.4) is 0 Å². The first-order valence-corrected chi connectivity index (χ1v) is 10.2. The second-order valence-corrected chi connectivity index (χ2v) is 7.87. The first kappa shape index (κ1) is 22.9. The maximum Gasteiger partial charge on any atom is 0.341 e. The molecule has 1 aromatic carbocycles. The fourth-order valence-corrected chi connectivity index (χ4v) is 4.17. The Labute approximate surface area is 179 Å². The minimum absolute atomic E-state index is 0.0982. The smallest absolute Gasteiger partial charge is 0.341 e. The number of benzene rings is 1. The van der Waals surface area contributed by atoms with Crippen LogP contribution in [0.5, 0.6) is 0 Å². The molecular formula is C20H24ClN3O4S. The average Bonchev–Trinajstić information content (AvgIpc) is 2.96. The van der Waals surface area contributed by atoms with Gasteiger partial charge in [-0.25, -0.2) is 4.79 Å². The maximum absolute atomic E-state index is 12.5. The molecule has 2 N–H and O–H groups in total. The Hall–Kier alpha value is -2.42. The number of halogens is 1. The van der Waals surface area contributed by atoms with E-state index in [0.717, 1.165) is 16.9 Å². The highest BCUT2D eigenvalue weighted by Crippen LogP contribution is 2.33. The van der Waals surface area contributed by atoms with Crippen LogP contribution in [0.15, 0.2) is 24.3 Å². The number of amides is 2. The van der Waals surface area contributed by atoms with Gasteiger partial charge in [-0.1, -0.05) is 23.7 Å². The van der Waals surface area contributed by atoms with Crippen LogP contribution in [0, 0.1) is 6.92 Å². The summed E-state index contributed by atoms with van der Waals surface area (Å²) in [5, 5.41) is 6.23. The molecule has 0 spiro atoms. The van der Waals surface area contributed by atoms with Gasteiger partial charge in [0, 0.05) is 18.6 Å². The second-order valence-electron chi connectivity index (χ2n) is 6.41. The minimum atomic E-state index is -0.570. The Kier molecular flexibility index (Phi) is 8.19. The van der Waals surface area contributed by atoms with E-state index in [0.29, 0.717) is 27.0 Å². The van der Waals surface area contributed by atoms with E-state index in [9.17, 15) is 14.4 Å². The summed E-state index contributed by atoms with van der Waals surface area (Å²) in [6.07, 6.45) is 0. The fraction of sp³-hybridized carbons (Fsp3) is 0.350. The van der Waals surface area contributed by atoms with Crippen LogP contribution in [0.1, 0.15) is 38.1 Å². The molecule has 156 valence electrons. The van der Waals surface area contributed by atoms with Crippen LogP contribution >= 0.6 is 22.9 Å². The normalized spacial score (nSPS) is 10.7. The number of nitrogens with zero attached hydrogens (tertiary/aromatic N) is 1. The van der Waals surface area contributed by atoms with Gasteiger partial charge in [0.15, 0.2) is 0 Å². The summed E-state index contributed by atoms with van der Waals surface area (Å²) in [5.41, 5.74) is 1.67. The summed E-state index contributed by atoms with van der Waals surface area (Å²) in [4.78, 5) is 39.2. The van der Waals surface area contributed by atoms with Gasteiger partial charge in [0.05, 0.1) is 23.6 Å². The number of nitrogens with one attached hydrogen (secondary N) is 2. The second kappa shape index (κ2) is 10.4. The van der Waals surface area contributed by atoms with Crippen molar-refractivity contribution in [3.05, 3.63) is 50.9 Å². The zero-order chi connectivity index (χ0) is 21.6. The largest absolute Gasteiger partial charge is 0.462 e. The number of hydrogen-bond acceptors (Lipinski definition) is 6. The topological polar surface area (TPSA) is 87.7 Å². The van der Waals surface area contributed by atoms with Crippen molar-refractivity contribution in [3.63, 3.8) is 0 Å². The summed E-state index contributed by atoms with van der Waals surface area (Å²) in [6, 6.07) is 7.41. The Balaban J connectivity index is 2.15. The summed E-state index contributed by atoms with van der Waals surface area (Å²) in [6.45, 7) is 4.18. The standard InChI is InChI=1S/C20H24ClN3O4S/c1-5-28-20(27)16-12(2)17(18(26)22-3)29-19(16)23-15(25)11-24(4)10-13-7-6-8-14(21)9-13/h6-9H,5,10-11H2,1-4H3,(H,22,26)(H,23,25). The summed E-state index contributed by atoms with van der Waals surface area (Å²) >= 11 is 7.05. The van der Waals surface area contributed by atoms with E-state index in [1.54, 1.807) is 19.9 Å². The van der Waals surface area contributed by atoms with Crippen molar-refractivity contribution >= 4 is 45.7 Å². The lowest BCUT2D eigenvalue weighted by Crippen LogP contribution is -2.30. The molecule has 1 aromatic heterocycles. The lowest BCUT2D eigenvalue weighted by molar-refractivity contribution is -0.117. The summed E-state index contributed by atoms with van der Waals surface area (Å²) in [5.74, 6) is -1.19. The third-order valence-electron chi connectivity index (χ3n) is 4.07. The number of esters is 1. The van der Waals surface area contributed by atoms with Crippen LogP contribution in [-0.2, 0) is 16.1 Å². The quantitative estimate of drug-likeness (QED) is 0.618. The van der Waals surface area contributed by atoms with Gasteiger partial charge in [-0.05, 0) is 44.2 Å². The first-order chi connectivity index (χ1) is 13.8. The van der Waals surface area contributed by atoms with Gasteiger partial charge in [0.2, 0.25) is 5.91 Å². The molecule has 29 heavy (non-hydrogen) atoms. The molecule has 2 aromatic rings. The molecule has 0 saturated heterocycles. The van der Waals surface area contributed by atoms with Crippen molar-refractivity contribution in [2.24, 2.45) is 0 Å². The Bertz CT molecular complexity index is 913. The number of rotatable bonds is 8. The lowest BCUT2D eigenvalue weighted by atomic mass is 10.1. The van der Waals surface area contributed by atoms with Crippen LogP contribution in [0.2, 0.25) is 5.02 Å².